The first kappa shape index (κ1) is 38.5. The Labute approximate surface area is 386 Å². The fourth-order valence-corrected chi connectivity index (χ4v) is 11.6. The number of anilines is 3. The van der Waals surface area contributed by atoms with E-state index in [0.717, 1.165) is 55.5 Å². The fraction of sp³-hybridized carbons (Fsp3) is 0.0938. The van der Waals surface area contributed by atoms with Crippen molar-refractivity contribution in [1.82, 2.24) is 0 Å². The molecule has 0 fully saturated rings. The zero-order valence-corrected chi connectivity index (χ0v) is 37.6. The maximum Gasteiger partial charge on any atom is 0.143 e. The molecule has 0 bridgehead atoms. The lowest BCUT2D eigenvalue weighted by Gasteiger charge is -2.29. The summed E-state index contributed by atoms with van der Waals surface area (Å²) in [7, 11) is 0. The molecule has 66 heavy (non-hydrogen) atoms. The van der Waals surface area contributed by atoms with Crippen molar-refractivity contribution in [1.29, 1.82) is 0 Å². The highest BCUT2D eigenvalue weighted by Gasteiger charge is 2.38. The molecule has 13 rings (SSSR count). The van der Waals surface area contributed by atoms with Crippen molar-refractivity contribution < 1.29 is 4.42 Å². The molecule has 0 aliphatic heterocycles. The lowest BCUT2D eigenvalue weighted by atomic mass is 9.82. The van der Waals surface area contributed by atoms with Crippen LogP contribution in [0.15, 0.2) is 217 Å². The van der Waals surface area contributed by atoms with Crippen molar-refractivity contribution in [2.45, 2.75) is 38.5 Å². The van der Waals surface area contributed by atoms with E-state index in [2.05, 4.69) is 245 Å². The average molecular weight is 846 g/mol. The largest absolute Gasteiger partial charge is 0.455 e. The predicted molar refractivity (Wildman–Crippen MR) is 277 cm³/mol. The van der Waals surface area contributed by atoms with Crippen LogP contribution in [0.5, 0.6) is 0 Å². The standard InChI is InChI=1S/C64H47NO/c1-63(2)54-25-10-7-20-48(54)53-39-42(33-37-56(53)63)40-30-34-44(35-31-40)65(58-28-12-9-21-49(58)50-24-14-27-57-60(50)51-22-8-11-26-55(51)64(57,3)4)45-18-13-17-43(38-45)46-23-15-29-59-61(46)52-36-32-41-16-5-6-19-47(41)62(52)66-59/h5-39H,1-4H3. The van der Waals surface area contributed by atoms with Gasteiger partial charge in [-0.1, -0.05) is 191 Å². The summed E-state index contributed by atoms with van der Waals surface area (Å²) in [4.78, 5) is 2.45. The second kappa shape index (κ2) is 14.3. The minimum Gasteiger partial charge on any atom is -0.455 e. The van der Waals surface area contributed by atoms with E-state index < -0.39 is 0 Å². The third kappa shape index (κ3) is 5.61. The Morgan fingerprint density at radius 1 is 0.364 bits per heavy atom. The van der Waals surface area contributed by atoms with Crippen LogP contribution in [-0.2, 0) is 10.8 Å². The first-order chi connectivity index (χ1) is 32.3. The number of fused-ring (bicyclic) bond motifs is 11. The van der Waals surface area contributed by atoms with Crippen LogP contribution >= 0.6 is 0 Å². The summed E-state index contributed by atoms with van der Waals surface area (Å²) in [5, 5.41) is 4.56. The SMILES string of the molecule is CC1(C)c2ccccc2-c2cc(-c3ccc(N(c4cccc(-c5cccc6oc7c8ccccc8ccc7c56)c4)c4ccccc4-c4cccc5c4-c4ccccc4C5(C)C)cc3)ccc21. The van der Waals surface area contributed by atoms with Crippen molar-refractivity contribution in [2.75, 3.05) is 4.90 Å². The van der Waals surface area contributed by atoms with E-state index in [0.29, 0.717) is 0 Å². The van der Waals surface area contributed by atoms with E-state index in [4.69, 9.17) is 4.42 Å². The number of furan rings is 1. The van der Waals surface area contributed by atoms with E-state index in [1.807, 2.05) is 0 Å². The molecular weight excluding hydrogens is 799 g/mol. The van der Waals surface area contributed by atoms with Gasteiger partial charge in [0.1, 0.15) is 11.2 Å². The molecule has 0 radical (unpaired) electrons. The van der Waals surface area contributed by atoms with Gasteiger partial charge < -0.3 is 9.32 Å². The van der Waals surface area contributed by atoms with Gasteiger partial charge in [-0.2, -0.15) is 0 Å². The van der Waals surface area contributed by atoms with Crippen molar-refractivity contribution in [3.63, 3.8) is 0 Å². The Balaban J connectivity index is 0.990. The van der Waals surface area contributed by atoms with Gasteiger partial charge in [-0.25, -0.2) is 0 Å². The monoisotopic (exact) mass is 845 g/mol. The molecule has 0 atom stereocenters. The number of benzene rings is 10. The molecule has 1 aromatic heterocycles. The van der Waals surface area contributed by atoms with E-state index >= 15 is 0 Å². The van der Waals surface area contributed by atoms with E-state index in [9.17, 15) is 0 Å². The van der Waals surface area contributed by atoms with Gasteiger partial charge in [0.2, 0.25) is 0 Å². The first-order valence-corrected chi connectivity index (χ1v) is 23.2. The van der Waals surface area contributed by atoms with Crippen LogP contribution in [0.3, 0.4) is 0 Å². The molecule has 0 amide bonds. The maximum absolute atomic E-state index is 6.67. The summed E-state index contributed by atoms with van der Waals surface area (Å²) in [6.45, 7) is 9.41. The topological polar surface area (TPSA) is 16.4 Å². The van der Waals surface area contributed by atoms with Gasteiger partial charge >= 0.3 is 0 Å². The lowest BCUT2D eigenvalue weighted by molar-refractivity contribution is 0.660. The van der Waals surface area contributed by atoms with Gasteiger partial charge in [0.15, 0.2) is 0 Å². The Hall–Kier alpha value is -7.94. The van der Waals surface area contributed by atoms with Crippen LogP contribution < -0.4 is 4.90 Å². The molecule has 0 saturated carbocycles. The van der Waals surface area contributed by atoms with Crippen LogP contribution in [0.25, 0.3) is 88.3 Å². The molecule has 0 saturated heterocycles. The van der Waals surface area contributed by atoms with Crippen molar-refractivity contribution in [2.24, 2.45) is 0 Å². The van der Waals surface area contributed by atoms with E-state index in [-0.39, 0.29) is 10.8 Å². The van der Waals surface area contributed by atoms with E-state index in [1.165, 1.54) is 72.1 Å². The summed E-state index contributed by atoms with van der Waals surface area (Å²) >= 11 is 0. The van der Waals surface area contributed by atoms with Crippen LogP contribution in [0, 0.1) is 0 Å². The summed E-state index contributed by atoms with van der Waals surface area (Å²) in [6.07, 6.45) is 0. The third-order valence-corrected chi connectivity index (χ3v) is 14.9. The molecular formula is C64H47NO. The maximum atomic E-state index is 6.67. The zero-order chi connectivity index (χ0) is 44.3. The van der Waals surface area contributed by atoms with Gasteiger partial charge in [-0.3, -0.25) is 0 Å². The molecule has 2 aliphatic carbocycles. The van der Waals surface area contributed by atoms with E-state index in [1.54, 1.807) is 0 Å². The van der Waals surface area contributed by atoms with Crippen LogP contribution in [0.1, 0.15) is 49.9 Å². The first-order valence-electron chi connectivity index (χ1n) is 23.2. The number of rotatable bonds is 6. The fourth-order valence-electron chi connectivity index (χ4n) is 11.6. The highest BCUT2D eigenvalue weighted by molar-refractivity contribution is 6.19. The average Bonchev–Trinajstić information content (AvgIpc) is 3.95. The summed E-state index contributed by atoms with van der Waals surface area (Å²) < 4.78 is 6.67. The highest BCUT2D eigenvalue weighted by Crippen LogP contribution is 2.54. The Kier molecular flexibility index (Phi) is 8.33. The lowest BCUT2D eigenvalue weighted by Crippen LogP contribution is -2.15. The number of hydrogen-bond donors (Lipinski definition) is 0. The van der Waals surface area contributed by atoms with Crippen molar-refractivity contribution >= 4 is 49.8 Å². The zero-order valence-electron chi connectivity index (χ0n) is 37.6. The molecule has 1 heterocycles. The Bertz CT molecular complexity index is 3770. The van der Waals surface area contributed by atoms with Gasteiger partial charge in [0, 0.05) is 43.9 Å². The van der Waals surface area contributed by atoms with Gasteiger partial charge in [0.05, 0.1) is 5.69 Å². The minimum absolute atomic E-state index is 0.0297. The summed E-state index contributed by atoms with van der Waals surface area (Å²) in [5.74, 6) is 0. The summed E-state index contributed by atoms with van der Waals surface area (Å²) in [5.41, 5.74) is 22.9. The Morgan fingerprint density at radius 2 is 0.985 bits per heavy atom. The van der Waals surface area contributed by atoms with Gasteiger partial charge in [-0.15, -0.1) is 0 Å². The number of nitrogens with zero attached hydrogens (tertiary/aromatic N) is 1. The van der Waals surface area contributed by atoms with Gasteiger partial charge in [0.25, 0.3) is 0 Å². The quantitative estimate of drug-likeness (QED) is 0.166. The van der Waals surface area contributed by atoms with Crippen molar-refractivity contribution in [3.05, 3.63) is 235 Å². The summed E-state index contributed by atoms with van der Waals surface area (Å²) in [6, 6.07) is 78.3. The number of para-hydroxylation sites is 1. The van der Waals surface area contributed by atoms with Crippen LogP contribution in [0.4, 0.5) is 17.1 Å². The second-order valence-corrected chi connectivity index (χ2v) is 19.2. The molecule has 314 valence electrons. The minimum atomic E-state index is -0.110. The molecule has 0 unspecified atom stereocenters. The van der Waals surface area contributed by atoms with Crippen LogP contribution in [0.2, 0.25) is 0 Å². The molecule has 10 aromatic carbocycles. The van der Waals surface area contributed by atoms with Gasteiger partial charge in [-0.05, 0) is 126 Å². The van der Waals surface area contributed by atoms with Crippen molar-refractivity contribution in [3.8, 4) is 55.6 Å². The molecule has 0 spiro atoms. The molecule has 2 aliphatic rings. The van der Waals surface area contributed by atoms with Crippen LogP contribution in [-0.4, -0.2) is 0 Å². The third-order valence-electron chi connectivity index (χ3n) is 14.9. The molecule has 11 aromatic rings. The number of hydrogen-bond acceptors (Lipinski definition) is 2. The Morgan fingerprint density at radius 3 is 1.83 bits per heavy atom. The smallest absolute Gasteiger partial charge is 0.143 e. The normalized spacial score (nSPS) is 14.0. The molecule has 2 nitrogen and oxygen atoms in total. The highest BCUT2D eigenvalue weighted by atomic mass is 16.3. The predicted octanol–water partition coefficient (Wildman–Crippen LogP) is 17.8. The molecule has 0 N–H and O–H groups in total. The molecule has 2 heteroatoms. The second-order valence-electron chi connectivity index (χ2n) is 19.2.